The number of aryl methyl sites for hydroxylation is 1. The number of hydrogen-bond acceptors (Lipinski definition) is 4. The van der Waals surface area contributed by atoms with Gasteiger partial charge in [-0.3, -0.25) is 0 Å². The Hall–Kier alpha value is -2.37. The van der Waals surface area contributed by atoms with Crippen molar-refractivity contribution in [2.24, 2.45) is 0 Å². The van der Waals surface area contributed by atoms with Crippen molar-refractivity contribution in [3.8, 4) is 17.0 Å². The molecule has 0 bridgehead atoms. The molecule has 0 radical (unpaired) electrons. The van der Waals surface area contributed by atoms with Gasteiger partial charge in [0, 0.05) is 12.1 Å². The number of ether oxygens (including phenoxy) is 1. The van der Waals surface area contributed by atoms with Crippen molar-refractivity contribution < 1.29 is 14.6 Å². The molecule has 0 aliphatic rings. The summed E-state index contributed by atoms with van der Waals surface area (Å²) in [5.74, 6) is -0.470. The molecule has 6 heteroatoms. The molecule has 1 aromatic carbocycles. The Morgan fingerprint density at radius 1 is 1.27 bits per heavy atom. The number of methoxy groups -OCH3 is 1. The Morgan fingerprint density at radius 3 is 2.73 bits per heavy atom. The van der Waals surface area contributed by atoms with Crippen molar-refractivity contribution in [2.45, 2.75) is 39.2 Å². The van der Waals surface area contributed by atoms with E-state index < -0.39 is 5.97 Å². The molecule has 6 nitrogen and oxygen atoms in total. The average molecular weight is 303 g/mol. The highest BCUT2D eigenvalue weighted by Crippen LogP contribution is 2.31. The number of rotatable bonds is 8. The lowest BCUT2D eigenvalue weighted by Crippen LogP contribution is -2.06. The highest BCUT2D eigenvalue weighted by Gasteiger charge is 2.22. The number of nitrogens with zero attached hydrogens (tertiary/aromatic N) is 3. The SMILES string of the molecule is CCCCCCn1nnc(C(=O)O)c1-c1ccccc1OC. The van der Waals surface area contributed by atoms with Crippen LogP contribution in [0.3, 0.4) is 0 Å². The van der Waals surface area contributed by atoms with Crippen LogP contribution in [0.2, 0.25) is 0 Å². The Kier molecular flexibility index (Phi) is 5.52. The minimum absolute atomic E-state index is 0.0417. The second-order valence-corrected chi connectivity index (χ2v) is 5.08. The predicted molar refractivity (Wildman–Crippen MR) is 83.1 cm³/mol. The molecule has 118 valence electrons. The lowest BCUT2D eigenvalue weighted by atomic mass is 10.1. The third kappa shape index (κ3) is 3.44. The molecule has 1 heterocycles. The standard InChI is InChI=1S/C16H21N3O3/c1-3-4-5-8-11-19-15(14(16(20)21)17-18-19)12-9-6-7-10-13(12)22-2/h6-7,9-10H,3-5,8,11H2,1-2H3,(H,20,21). The van der Waals surface area contributed by atoms with Crippen LogP contribution in [0.5, 0.6) is 5.75 Å². The van der Waals surface area contributed by atoms with Crippen LogP contribution < -0.4 is 4.74 Å². The third-order valence-corrected chi connectivity index (χ3v) is 3.52. The molecule has 0 spiro atoms. The fourth-order valence-corrected chi connectivity index (χ4v) is 2.41. The molecule has 0 amide bonds. The van der Waals surface area contributed by atoms with Gasteiger partial charge < -0.3 is 9.84 Å². The van der Waals surface area contributed by atoms with E-state index in [9.17, 15) is 9.90 Å². The summed E-state index contributed by atoms with van der Waals surface area (Å²) in [7, 11) is 1.56. The van der Waals surface area contributed by atoms with Gasteiger partial charge in [0.15, 0.2) is 5.69 Å². The number of carbonyl (C=O) groups is 1. The highest BCUT2D eigenvalue weighted by molar-refractivity contribution is 5.93. The second-order valence-electron chi connectivity index (χ2n) is 5.08. The van der Waals surface area contributed by atoms with Gasteiger partial charge in [0.25, 0.3) is 0 Å². The summed E-state index contributed by atoms with van der Waals surface area (Å²) in [5.41, 5.74) is 1.16. The van der Waals surface area contributed by atoms with Crippen LogP contribution in [0.4, 0.5) is 0 Å². The number of unbranched alkanes of at least 4 members (excludes halogenated alkanes) is 3. The molecule has 0 aliphatic carbocycles. The van der Waals surface area contributed by atoms with Crippen LogP contribution in [0.15, 0.2) is 24.3 Å². The quantitative estimate of drug-likeness (QED) is 0.758. The van der Waals surface area contributed by atoms with Gasteiger partial charge in [0.2, 0.25) is 0 Å². The second kappa shape index (κ2) is 7.59. The number of benzene rings is 1. The Labute approximate surface area is 129 Å². The van der Waals surface area contributed by atoms with Gasteiger partial charge in [-0.2, -0.15) is 0 Å². The first-order valence-electron chi connectivity index (χ1n) is 7.49. The van der Waals surface area contributed by atoms with Crippen molar-refractivity contribution in [2.75, 3.05) is 7.11 Å². The maximum Gasteiger partial charge on any atom is 0.358 e. The molecule has 1 N–H and O–H groups in total. The smallest absolute Gasteiger partial charge is 0.358 e. The molecule has 22 heavy (non-hydrogen) atoms. The fourth-order valence-electron chi connectivity index (χ4n) is 2.41. The third-order valence-electron chi connectivity index (χ3n) is 3.52. The highest BCUT2D eigenvalue weighted by atomic mass is 16.5. The van der Waals surface area contributed by atoms with E-state index in [0.717, 1.165) is 25.7 Å². The zero-order chi connectivity index (χ0) is 15.9. The van der Waals surface area contributed by atoms with E-state index in [-0.39, 0.29) is 5.69 Å². The van der Waals surface area contributed by atoms with E-state index in [1.165, 1.54) is 0 Å². The first kappa shape index (κ1) is 16.0. The van der Waals surface area contributed by atoms with Crippen molar-refractivity contribution in [3.63, 3.8) is 0 Å². The molecular formula is C16H21N3O3. The Bertz CT molecular complexity index is 637. The van der Waals surface area contributed by atoms with Crippen LogP contribution >= 0.6 is 0 Å². The topological polar surface area (TPSA) is 77.2 Å². The van der Waals surface area contributed by atoms with Crippen molar-refractivity contribution >= 4 is 5.97 Å². The molecule has 2 aromatic rings. The van der Waals surface area contributed by atoms with E-state index in [2.05, 4.69) is 17.2 Å². The summed E-state index contributed by atoms with van der Waals surface area (Å²) in [4.78, 5) is 11.4. The van der Waals surface area contributed by atoms with Crippen LogP contribution in [0.1, 0.15) is 43.1 Å². The van der Waals surface area contributed by atoms with Gasteiger partial charge in [0.05, 0.1) is 7.11 Å². The molecule has 0 saturated heterocycles. The molecule has 0 saturated carbocycles. The average Bonchev–Trinajstić information content (AvgIpc) is 2.95. The molecule has 0 unspecified atom stereocenters. The normalized spacial score (nSPS) is 10.6. The summed E-state index contributed by atoms with van der Waals surface area (Å²) < 4.78 is 7.00. The fraction of sp³-hybridized carbons (Fsp3) is 0.438. The van der Waals surface area contributed by atoms with E-state index in [0.29, 0.717) is 23.6 Å². The number of hydrogen-bond donors (Lipinski definition) is 1. The number of aromatic carboxylic acids is 1. The van der Waals surface area contributed by atoms with Gasteiger partial charge in [-0.1, -0.05) is 43.5 Å². The summed E-state index contributed by atoms with van der Waals surface area (Å²) in [5, 5.41) is 17.2. The summed E-state index contributed by atoms with van der Waals surface area (Å²) in [6.07, 6.45) is 4.34. The number of aromatic nitrogens is 3. The lowest BCUT2D eigenvalue weighted by molar-refractivity contribution is 0.0691. The zero-order valence-corrected chi connectivity index (χ0v) is 13.0. The number of para-hydroxylation sites is 1. The van der Waals surface area contributed by atoms with Crippen LogP contribution in [-0.2, 0) is 6.54 Å². The van der Waals surface area contributed by atoms with Gasteiger partial charge in [-0.25, -0.2) is 9.48 Å². The molecule has 0 atom stereocenters. The first-order chi connectivity index (χ1) is 10.7. The van der Waals surface area contributed by atoms with Crippen molar-refractivity contribution in [3.05, 3.63) is 30.0 Å². The number of carboxylic acid groups (broad SMARTS) is 1. The van der Waals surface area contributed by atoms with E-state index in [1.54, 1.807) is 17.9 Å². The molecule has 1 aromatic heterocycles. The Morgan fingerprint density at radius 2 is 2.05 bits per heavy atom. The maximum absolute atomic E-state index is 11.4. The summed E-state index contributed by atoms with van der Waals surface area (Å²) in [6, 6.07) is 7.32. The van der Waals surface area contributed by atoms with Crippen LogP contribution in [0.25, 0.3) is 11.3 Å². The zero-order valence-electron chi connectivity index (χ0n) is 13.0. The summed E-state index contributed by atoms with van der Waals surface area (Å²) >= 11 is 0. The van der Waals surface area contributed by atoms with Gasteiger partial charge in [-0.15, -0.1) is 5.10 Å². The summed E-state index contributed by atoms with van der Waals surface area (Å²) in [6.45, 7) is 2.80. The number of carboxylic acids is 1. The van der Waals surface area contributed by atoms with Gasteiger partial charge >= 0.3 is 5.97 Å². The largest absolute Gasteiger partial charge is 0.496 e. The van der Waals surface area contributed by atoms with Crippen LogP contribution in [-0.4, -0.2) is 33.2 Å². The predicted octanol–water partition coefficient (Wildman–Crippen LogP) is 3.23. The molecule has 0 aliphatic heterocycles. The minimum Gasteiger partial charge on any atom is -0.496 e. The minimum atomic E-state index is -1.08. The van der Waals surface area contributed by atoms with E-state index in [4.69, 9.17) is 4.74 Å². The van der Waals surface area contributed by atoms with Gasteiger partial charge in [-0.05, 0) is 18.6 Å². The van der Waals surface area contributed by atoms with Crippen molar-refractivity contribution in [1.29, 1.82) is 0 Å². The van der Waals surface area contributed by atoms with E-state index in [1.807, 2.05) is 18.2 Å². The van der Waals surface area contributed by atoms with Crippen molar-refractivity contribution in [1.82, 2.24) is 15.0 Å². The maximum atomic E-state index is 11.4. The monoisotopic (exact) mass is 303 g/mol. The lowest BCUT2D eigenvalue weighted by Gasteiger charge is -2.11. The Balaban J connectivity index is 2.38. The molecular weight excluding hydrogens is 282 g/mol. The first-order valence-corrected chi connectivity index (χ1v) is 7.49. The van der Waals surface area contributed by atoms with E-state index >= 15 is 0 Å². The molecule has 0 fully saturated rings. The molecule has 2 rings (SSSR count). The van der Waals surface area contributed by atoms with Gasteiger partial charge in [0.1, 0.15) is 11.4 Å². The van der Waals surface area contributed by atoms with Crippen LogP contribution in [0, 0.1) is 0 Å².